The van der Waals surface area contributed by atoms with Crippen LogP contribution in [0.4, 0.5) is 0 Å². The van der Waals surface area contributed by atoms with Gasteiger partial charge >= 0.3 is 0 Å². The first-order valence-corrected chi connectivity index (χ1v) is 18.1. The zero-order valence-electron chi connectivity index (χ0n) is 31.5. The van der Waals surface area contributed by atoms with Crippen molar-refractivity contribution >= 4 is 0 Å². The molecule has 254 valence electrons. The van der Waals surface area contributed by atoms with Crippen LogP contribution in [-0.2, 0) is 0 Å². The van der Waals surface area contributed by atoms with E-state index >= 15 is 0 Å². The van der Waals surface area contributed by atoms with Gasteiger partial charge in [-0.25, -0.2) is 0 Å². The molecule has 1 aliphatic heterocycles. The molecule has 46 heavy (non-hydrogen) atoms. The van der Waals surface area contributed by atoms with Crippen molar-refractivity contribution < 1.29 is 0 Å². The van der Waals surface area contributed by atoms with E-state index in [1.807, 2.05) is 12.2 Å². The second-order valence-corrected chi connectivity index (χ2v) is 15.5. The largest absolute Gasteiger partial charge is 0.375 e. The Morgan fingerprint density at radius 3 is 2.28 bits per heavy atom. The van der Waals surface area contributed by atoms with Gasteiger partial charge in [-0.2, -0.15) is 0 Å². The van der Waals surface area contributed by atoms with Crippen molar-refractivity contribution in [2.45, 2.75) is 114 Å². The summed E-state index contributed by atoms with van der Waals surface area (Å²) in [5.41, 5.74) is 6.88. The minimum Gasteiger partial charge on any atom is -0.375 e. The predicted octanol–water partition coefficient (Wildman–Crippen LogP) is 13.1. The van der Waals surface area contributed by atoms with Crippen molar-refractivity contribution in [2.24, 2.45) is 46.3 Å². The molecule has 0 bridgehead atoms. The van der Waals surface area contributed by atoms with Gasteiger partial charge in [0.1, 0.15) is 0 Å². The molecule has 0 amide bonds. The van der Waals surface area contributed by atoms with Gasteiger partial charge in [-0.15, -0.1) is 13.2 Å². The van der Waals surface area contributed by atoms with Gasteiger partial charge < -0.3 is 5.32 Å². The summed E-state index contributed by atoms with van der Waals surface area (Å²) in [4.78, 5) is 0. The molecule has 0 aromatic rings. The second kappa shape index (κ2) is 17.9. The topological polar surface area (TPSA) is 12.0 Å². The number of unbranched alkanes of at least 4 members (excludes halogenated alkanes) is 1. The van der Waals surface area contributed by atoms with E-state index in [0.29, 0.717) is 35.5 Å². The first-order chi connectivity index (χ1) is 21.7. The number of hydrogen-bond acceptors (Lipinski definition) is 1. The van der Waals surface area contributed by atoms with Crippen LogP contribution in [0.5, 0.6) is 0 Å². The molecule has 1 saturated carbocycles. The summed E-state index contributed by atoms with van der Waals surface area (Å²) in [6.07, 6.45) is 30.7. The molecule has 4 unspecified atom stereocenters. The van der Waals surface area contributed by atoms with Crippen molar-refractivity contribution in [3.8, 4) is 0 Å². The lowest BCUT2D eigenvalue weighted by molar-refractivity contribution is 0.136. The maximum Gasteiger partial charge on any atom is 0.0658 e. The molecule has 7 atom stereocenters. The summed E-state index contributed by atoms with van der Waals surface area (Å²) < 4.78 is 0. The molecular formula is C45H69N. The maximum atomic E-state index is 4.84. The summed E-state index contributed by atoms with van der Waals surface area (Å²) in [5.74, 6) is 3.43. The first-order valence-electron chi connectivity index (χ1n) is 18.1. The van der Waals surface area contributed by atoms with Crippen LogP contribution in [0.15, 0.2) is 121 Å². The Bertz CT molecular complexity index is 1240. The fourth-order valence-electron chi connectivity index (χ4n) is 8.22. The zero-order chi connectivity index (χ0) is 34.7. The van der Waals surface area contributed by atoms with Gasteiger partial charge in [0.2, 0.25) is 0 Å². The van der Waals surface area contributed by atoms with Crippen LogP contribution in [0.1, 0.15) is 108 Å². The molecule has 0 aromatic carbocycles. The molecule has 2 aliphatic rings. The summed E-state index contributed by atoms with van der Waals surface area (Å²) in [7, 11) is 0. The number of nitrogens with one attached hydrogen (secondary N) is 1. The van der Waals surface area contributed by atoms with Crippen LogP contribution < -0.4 is 5.32 Å². The molecule has 0 spiro atoms. The molecule has 1 fully saturated rings. The number of rotatable bonds is 18. The fraction of sp³-hybridized carbons (Fsp3) is 0.556. The standard InChI is InChI=1S/C45H69N/c1-15-18-21-23-33(6)42-25-22-26-43(46-42)34(7)27-28-39(37(10)38(11)45(14,32(4)5)31-20-17-3)29-30-41-36(9)35(8)40(24-19-16-2)44(41,12)13/h15-17,19,22-28,32,35-36,38,40-42,46H,1-3,10,18,20-21,29-31H2,4-9,11-14H3/b24-19-,33-23+,34-27+,39-28-/t35-,36+,38?,40?,41?,42?,45+/m1/s1. The van der Waals surface area contributed by atoms with Crippen LogP contribution in [0.2, 0.25) is 0 Å². The first kappa shape index (κ1) is 39.4. The molecule has 1 heteroatoms. The van der Waals surface area contributed by atoms with Gasteiger partial charge in [-0.3, -0.25) is 0 Å². The molecule has 0 saturated heterocycles. The van der Waals surface area contributed by atoms with Crippen LogP contribution in [0.25, 0.3) is 0 Å². The lowest BCUT2D eigenvalue weighted by Gasteiger charge is -2.41. The second-order valence-electron chi connectivity index (χ2n) is 15.5. The molecular weight excluding hydrogens is 555 g/mol. The molecule has 0 aromatic heterocycles. The van der Waals surface area contributed by atoms with E-state index < -0.39 is 0 Å². The van der Waals surface area contributed by atoms with Crippen molar-refractivity contribution in [1.29, 1.82) is 0 Å². The highest BCUT2D eigenvalue weighted by atomic mass is 14.9. The molecule has 1 aliphatic carbocycles. The third-order valence-electron chi connectivity index (χ3n) is 12.3. The third-order valence-corrected chi connectivity index (χ3v) is 12.3. The quantitative estimate of drug-likeness (QED) is 0.0910. The van der Waals surface area contributed by atoms with E-state index in [2.05, 4.69) is 149 Å². The average Bonchev–Trinajstić information content (AvgIpc) is 3.19. The van der Waals surface area contributed by atoms with E-state index in [1.165, 1.54) is 34.4 Å². The Balaban J connectivity index is 2.45. The number of hydrogen-bond donors (Lipinski definition) is 1. The van der Waals surface area contributed by atoms with Gasteiger partial charge in [-0.1, -0.05) is 135 Å². The summed E-state index contributed by atoms with van der Waals surface area (Å²) in [6.45, 7) is 40.7. The predicted molar refractivity (Wildman–Crippen MR) is 208 cm³/mol. The highest BCUT2D eigenvalue weighted by Gasteiger charge is 2.50. The Morgan fingerprint density at radius 1 is 1.00 bits per heavy atom. The summed E-state index contributed by atoms with van der Waals surface area (Å²) in [6, 6.07) is 0.222. The Hall–Kier alpha value is -2.80. The highest BCUT2D eigenvalue weighted by Crippen LogP contribution is 2.56. The zero-order valence-corrected chi connectivity index (χ0v) is 31.5. The van der Waals surface area contributed by atoms with Crippen molar-refractivity contribution in [2.75, 3.05) is 0 Å². The Labute approximate surface area is 285 Å². The van der Waals surface area contributed by atoms with Gasteiger partial charge in [-0.05, 0) is 122 Å². The van der Waals surface area contributed by atoms with E-state index in [-0.39, 0.29) is 16.9 Å². The van der Waals surface area contributed by atoms with Gasteiger partial charge in [0.25, 0.3) is 0 Å². The monoisotopic (exact) mass is 624 g/mol. The van der Waals surface area contributed by atoms with Crippen LogP contribution in [0.3, 0.4) is 0 Å². The van der Waals surface area contributed by atoms with E-state index in [1.54, 1.807) is 0 Å². The highest BCUT2D eigenvalue weighted by molar-refractivity contribution is 5.42. The van der Waals surface area contributed by atoms with E-state index in [9.17, 15) is 0 Å². The number of dihydropyridines is 1. The lowest BCUT2D eigenvalue weighted by Crippen LogP contribution is -2.33. The molecule has 1 N–H and O–H groups in total. The van der Waals surface area contributed by atoms with Gasteiger partial charge in [0, 0.05) is 5.70 Å². The molecule has 1 heterocycles. The van der Waals surface area contributed by atoms with Crippen molar-refractivity contribution in [3.05, 3.63) is 121 Å². The number of allylic oxidation sites excluding steroid dienone is 13. The minimum atomic E-state index is 0.152. The van der Waals surface area contributed by atoms with Gasteiger partial charge in [0.15, 0.2) is 0 Å². The molecule has 0 radical (unpaired) electrons. The maximum absolute atomic E-state index is 4.84. The van der Waals surface area contributed by atoms with Gasteiger partial charge in [0.05, 0.1) is 6.04 Å². The molecule has 2 rings (SSSR count). The molecule has 1 nitrogen and oxygen atoms in total. The minimum absolute atomic E-state index is 0.152. The smallest absolute Gasteiger partial charge is 0.0658 e. The summed E-state index contributed by atoms with van der Waals surface area (Å²) in [5, 5.41) is 3.78. The average molecular weight is 624 g/mol. The van der Waals surface area contributed by atoms with Crippen LogP contribution in [-0.4, -0.2) is 6.04 Å². The Kier molecular flexibility index (Phi) is 15.4. The van der Waals surface area contributed by atoms with Crippen molar-refractivity contribution in [1.82, 2.24) is 5.32 Å². The van der Waals surface area contributed by atoms with Crippen molar-refractivity contribution in [3.63, 3.8) is 0 Å². The van der Waals surface area contributed by atoms with E-state index in [0.717, 1.165) is 32.1 Å². The van der Waals surface area contributed by atoms with Crippen LogP contribution >= 0.6 is 0 Å². The third kappa shape index (κ3) is 9.62. The fourth-order valence-corrected chi connectivity index (χ4v) is 8.22. The SMILES string of the molecule is C=C/C=C\C1[C@H](C)[C@H](C)C(CC/C(=C/C=C(\C)C2=CC=CC(/C(C)=C/CCC=C)N2)C(=C)C(C)[C@@](C)(CCC=C)C(C)C)C1(C)C. The van der Waals surface area contributed by atoms with E-state index in [4.69, 9.17) is 6.58 Å². The van der Waals surface area contributed by atoms with Crippen LogP contribution in [0, 0.1) is 46.3 Å². The lowest BCUT2D eigenvalue weighted by atomic mass is 9.63. The normalized spacial score (nSPS) is 27.2. The Morgan fingerprint density at radius 2 is 1.67 bits per heavy atom. The summed E-state index contributed by atoms with van der Waals surface area (Å²) >= 11 is 0.